The van der Waals surface area contributed by atoms with Gasteiger partial charge < -0.3 is 10.6 Å². The van der Waals surface area contributed by atoms with Gasteiger partial charge in [0.05, 0.1) is 17.1 Å². The van der Waals surface area contributed by atoms with E-state index in [-0.39, 0.29) is 28.7 Å². The third kappa shape index (κ3) is 3.07. The number of Topliss-reactive ketones (excluding diaryl/α,β-unsaturated/α-hetero) is 1. The summed E-state index contributed by atoms with van der Waals surface area (Å²) in [5.74, 6) is -1.27. The fourth-order valence-electron chi connectivity index (χ4n) is 3.92. The summed E-state index contributed by atoms with van der Waals surface area (Å²) in [6.45, 7) is 0. The van der Waals surface area contributed by atoms with Crippen LogP contribution in [0.1, 0.15) is 25.7 Å². The first-order valence-corrected chi connectivity index (χ1v) is 8.58. The highest BCUT2D eigenvalue weighted by atomic mass is 19.1. The molecular formula is C20H18F2N2O2. The monoisotopic (exact) mass is 356 g/mol. The average molecular weight is 356 g/mol. The number of anilines is 3. The van der Waals surface area contributed by atoms with E-state index in [0.29, 0.717) is 24.2 Å². The average Bonchev–Trinajstić information content (AvgIpc) is 2.53. The second-order valence-corrected chi connectivity index (χ2v) is 7.28. The summed E-state index contributed by atoms with van der Waals surface area (Å²) in [5.41, 5.74) is 1.25. The van der Waals surface area contributed by atoms with Gasteiger partial charge in [0, 0.05) is 24.8 Å². The minimum absolute atomic E-state index is 0.0636. The Kier molecular flexibility index (Phi) is 3.98. The Morgan fingerprint density at radius 1 is 1.00 bits per heavy atom. The second-order valence-electron chi connectivity index (χ2n) is 7.28. The molecule has 1 amide bonds. The molecule has 2 saturated carbocycles. The van der Waals surface area contributed by atoms with Crippen LogP contribution in [-0.2, 0) is 9.59 Å². The number of amides is 1. The molecular weight excluding hydrogens is 338 g/mol. The number of halogens is 2. The molecule has 1 spiro atoms. The molecule has 0 heterocycles. The van der Waals surface area contributed by atoms with Gasteiger partial charge in [-0.3, -0.25) is 9.59 Å². The van der Waals surface area contributed by atoms with Crippen LogP contribution in [0, 0.1) is 23.0 Å². The number of carbonyl (C=O) groups is 2. The molecule has 0 unspecified atom stereocenters. The molecule has 0 aliphatic heterocycles. The second kappa shape index (κ2) is 6.20. The topological polar surface area (TPSA) is 58.2 Å². The van der Waals surface area contributed by atoms with Gasteiger partial charge in [0.25, 0.3) is 0 Å². The molecule has 26 heavy (non-hydrogen) atoms. The lowest BCUT2D eigenvalue weighted by atomic mass is 9.51. The molecule has 2 fully saturated rings. The Morgan fingerprint density at radius 3 is 2.35 bits per heavy atom. The van der Waals surface area contributed by atoms with Crippen molar-refractivity contribution in [3.8, 4) is 0 Å². The zero-order chi connectivity index (χ0) is 18.3. The van der Waals surface area contributed by atoms with Crippen molar-refractivity contribution in [2.45, 2.75) is 25.7 Å². The standard InChI is InChI=1S/C20H18F2N2O2/c21-13-5-6-16(15(22)7-13)23-17-3-1-2-4-18(17)24-19(26)12-8-20(9-12)10-14(25)11-20/h1-7,12,23H,8-11H2,(H,24,26). The van der Waals surface area contributed by atoms with Gasteiger partial charge in [0.2, 0.25) is 5.91 Å². The quantitative estimate of drug-likeness (QED) is 0.853. The van der Waals surface area contributed by atoms with E-state index < -0.39 is 11.6 Å². The molecule has 2 aromatic carbocycles. The maximum Gasteiger partial charge on any atom is 0.227 e. The van der Waals surface area contributed by atoms with Crippen LogP contribution in [0.5, 0.6) is 0 Å². The SMILES string of the molecule is O=C1CC2(C1)CC(C(=O)Nc1ccccc1Nc1ccc(F)cc1F)C2. The maximum atomic E-state index is 13.9. The van der Waals surface area contributed by atoms with Gasteiger partial charge in [-0.25, -0.2) is 8.78 Å². The normalized spacial score (nSPS) is 18.2. The Bertz CT molecular complexity index is 881. The third-order valence-corrected chi connectivity index (χ3v) is 5.26. The highest BCUT2D eigenvalue weighted by Gasteiger charge is 2.54. The molecule has 134 valence electrons. The van der Waals surface area contributed by atoms with E-state index in [9.17, 15) is 18.4 Å². The third-order valence-electron chi connectivity index (χ3n) is 5.26. The van der Waals surface area contributed by atoms with E-state index in [4.69, 9.17) is 0 Å². The molecule has 2 aromatic rings. The number of hydrogen-bond donors (Lipinski definition) is 2. The van der Waals surface area contributed by atoms with Gasteiger partial charge in [-0.1, -0.05) is 12.1 Å². The van der Waals surface area contributed by atoms with E-state index in [1.165, 1.54) is 12.1 Å². The summed E-state index contributed by atoms with van der Waals surface area (Å²) >= 11 is 0. The lowest BCUT2D eigenvalue weighted by Gasteiger charge is -2.52. The van der Waals surface area contributed by atoms with E-state index in [2.05, 4.69) is 10.6 Å². The van der Waals surface area contributed by atoms with Crippen molar-refractivity contribution in [2.75, 3.05) is 10.6 Å². The van der Waals surface area contributed by atoms with Crippen molar-refractivity contribution < 1.29 is 18.4 Å². The minimum atomic E-state index is -0.707. The van der Waals surface area contributed by atoms with E-state index in [1.54, 1.807) is 24.3 Å². The first-order valence-electron chi connectivity index (χ1n) is 8.58. The Labute approximate surface area is 149 Å². The number of para-hydroxylation sites is 2. The van der Waals surface area contributed by atoms with Gasteiger partial charge in [0.1, 0.15) is 17.4 Å². The number of carbonyl (C=O) groups excluding carboxylic acids is 2. The molecule has 2 aliphatic rings. The van der Waals surface area contributed by atoms with Crippen molar-refractivity contribution in [2.24, 2.45) is 11.3 Å². The lowest BCUT2D eigenvalue weighted by Crippen LogP contribution is -2.51. The summed E-state index contributed by atoms with van der Waals surface area (Å²) < 4.78 is 26.9. The van der Waals surface area contributed by atoms with Crippen molar-refractivity contribution in [3.05, 3.63) is 54.1 Å². The molecule has 0 atom stereocenters. The molecule has 0 bridgehead atoms. The van der Waals surface area contributed by atoms with Gasteiger partial charge >= 0.3 is 0 Å². The van der Waals surface area contributed by atoms with Gasteiger partial charge in [0.15, 0.2) is 0 Å². The van der Waals surface area contributed by atoms with Crippen LogP contribution >= 0.6 is 0 Å². The van der Waals surface area contributed by atoms with Crippen LogP contribution in [0.25, 0.3) is 0 Å². The van der Waals surface area contributed by atoms with Crippen molar-refractivity contribution in [3.63, 3.8) is 0 Å². The molecule has 6 heteroatoms. The minimum Gasteiger partial charge on any atom is -0.351 e. The van der Waals surface area contributed by atoms with E-state index in [0.717, 1.165) is 18.9 Å². The zero-order valence-electron chi connectivity index (χ0n) is 14.0. The lowest BCUT2D eigenvalue weighted by molar-refractivity contribution is -0.148. The summed E-state index contributed by atoms with van der Waals surface area (Å²) in [6, 6.07) is 10.3. The van der Waals surface area contributed by atoms with Crippen LogP contribution in [0.3, 0.4) is 0 Å². The molecule has 0 aromatic heterocycles. The Hall–Kier alpha value is -2.76. The molecule has 0 saturated heterocycles. The molecule has 2 N–H and O–H groups in total. The summed E-state index contributed by atoms with van der Waals surface area (Å²) in [4.78, 5) is 23.7. The zero-order valence-corrected chi connectivity index (χ0v) is 14.0. The largest absolute Gasteiger partial charge is 0.351 e. The summed E-state index contributed by atoms with van der Waals surface area (Å²) in [6.07, 6.45) is 2.68. The van der Waals surface area contributed by atoms with Crippen LogP contribution in [-0.4, -0.2) is 11.7 Å². The van der Waals surface area contributed by atoms with Gasteiger partial charge in [-0.05, 0) is 42.5 Å². The smallest absolute Gasteiger partial charge is 0.227 e. The number of hydrogen-bond acceptors (Lipinski definition) is 3. The van der Waals surface area contributed by atoms with Crippen LogP contribution in [0.4, 0.5) is 25.8 Å². The Balaban J connectivity index is 1.44. The van der Waals surface area contributed by atoms with Crippen molar-refractivity contribution in [1.82, 2.24) is 0 Å². The number of ketones is 1. The summed E-state index contributed by atoms with van der Waals surface area (Å²) in [5, 5.41) is 5.77. The molecule has 4 nitrogen and oxygen atoms in total. The van der Waals surface area contributed by atoms with Gasteiger partial charge in [-0.2, -0.15) is 0 Å². The fourth-order valence-corrected chi connectivity index (χ4v) is 3.92. The highest BCUT2D eigenvalue weighted by molar-refractivity contribution is 5.97. The summed E-state index contributed by atoms with van der Waals surface area (Å²) in [7, 11) is 0. The predicted octanol–water partition coefficient (Wildman–Crippen LogP) is 4.41. The van der Waals surface area contributed by atoms with Crippen LogP contribution in [0.15, 0.2) is 42.5 Å². The highest BCUT2D eigenvalue weighted by Crippen LogP contribution is 2.57. The van der Waals surface area contributed by atoms with Crippen LogP contribution < -0.4 is 10.6 Å². The maximum absolute atomic E-state index is 13.9. The van der Waals surface area contributed by atoms with Gasteiger partial charge in [-0.15, -0.1) is 0 Å². The predicted molar refractivity (Wildman–Crippen MR) is 94.1 cm³/mol. The van der Waals surface area contributed by atoms with Crippen molar-refractivity contribution in [1.29, 1.82) is 0 Å². The number of rotatable bonds is 4. The number of benzene rings is 2. The molecule has 2 aliphatic carbocycles. The van der Waals surface area contributed by atoms with E-state index >= 15 is 0 Å². The Morgan fingerprint density at radius 2 is 1.69 bits per heavy atom. The van der Waals surface area contributed by atoms with E-state index in [1.807, 2.05) is 0 Å². The number of nitrogens with one attached hydrogen (secondary N) is 2. The first kappa shape index (κ1) is 16.7. The van der Waals surface area contributed by atoms with Crippen LogP contribution in [0.2, 0.25) is 0 Å². The first-order chi connectivity index (χ1) is 12.4. The molecule has 4 rings (SSSR count). The van der Waals surface area contributed by atoms with Crippen molar-refractivity contribution >= 4 is 28.8 Å². The fraction of sp³-hybridized carbons (Fsp3) is 0.300. The molecule has 0 radical (unpaired) electrons.